The Morgan fingerprint density at radius 3 is 2.23 bits per heavy atom. The van der Waals surface area contributed by atoms with Crippen LogP contribution in [0.3, 0.4) is 0 Å². The number of alkyl halides is 3. The number of pyridine rings is 1. The van der Waals surface area contributed by atoms with Crippen molar-refractivity contribution in [3.8, 4) is 28.5 Å². The molecule has 0 bridgehead atoms. The van der Waals surface area contributed by atoms with Gasteiger partial charge in [-0.2, -0.15) is 13.2 Å². The van der Waals surface area contributed by atoms with Crippen LogP contribution < -0.4 is 10.1 Å². The highest BCUT2D eigenvalue weighted by atomic mass is 19.4. The standard InChI is InChI=1S/C22H16F3N5O/c1-31-17-11-9-16(10-12-17)27-21-19(14-5-7-15(8-6-14)22(23,24)25)29-30-20(28-21)18-4-2-3-13-26-18/h2-13H,1H3,(H,27,28,30). The maximum absolute atomic E-state index is 12.9. The Bertz CT molecular complexity index is 1160. The van der Waals surface area contributed by atoms with Gasteiger partial charge in [0.2, 0.25) is 5.82 Å². The Kier molecular flexibility index (Phi) is 5.48. The van der Waals surface area contributed by atoms with E-state index in [0.29, 0.717) is 34.2 Å². The molecule has 2 aromatic carbocycles. The van der Waals surface area contributed by atoms with E-state index in [1.807, 2.05) is 0 Å². The molecule has 0 unspecified atom stereocenters. The summed E-state index contributed by atoms with van der Waals surface area (Å²) in [4.78, 5) is 8.75. The molecule has 2 aromatic heterocycles. The molecule has 4 aromatic rings. The van der Waals surface area contributed by atoms with Crippen LogP contribution in [0.25, 0.3) is 22.8 Å². The average molecular weight is 423 g/mol. The van der Waals surface area contributed by atoms with Crippen LogP contribution in [0.2, 0.25) is 0 Å². The van der Waals surface area contributed by atoms with E-state index in [2.05, 4.69) is 25.5 Å². The fourth-order valence-corrected chi connectivity index (χ4v) is 2.84. The van der Waals surface area contributed by atoms with Crippen molar-refractivity contribution in [2.45, 2.75) is 6.18 Å². The van der Waals surface area contributed by atoms with Gasteiger partial charge in [-0.3, -0.25) is 4.98 Å². The third-order valence-electron chi connectivity index (χ3n) is 4.42. The third-order valence-corrected chi connectivity index (χ3v) is 4.42. The quantitative estimate of drug-likeness (QED) is 0.465. The first-order valence-corrected chi connectivity index (χ1v) is 9.19. The molecule has 0 saturated carbocycles. The fraction of sp³-hybridized carbons (Fsp3) is 0.0909. The first kappa shape index (κ1) is 20.3. The lowest BCUT2D eigenvalue weighted by Crippen LogP contribution is -2.06. The summed E-state index contributed by atoms with van der Waals surface area (Å²) < 4.78 is 43.9. The Labute approximate surface area is 175 Å². The van der Waals surface area contributed by atoms with Gasteiger partial charge in [-0.25, -0.2) is 4.98 Å². The van der Waals surface area contributed by atoms with Crippen molar-refractivity contribution in [1.29, 1.82) is 0 Å². The van der Waals surface area contributed by atoms with Gasteiger partial charge in [0.1, 0.15) is 17.1 Å². The van der Waals surface area contributed by atoms with E-state index < -0.39 is 11.7 Å². The molecule has 0 saturated heterocycles. The number of hydrogen-bond acceptors (Lipinski definition) is 6. The van der Waals surface area contributed by atoms with Gasteiger partial charge in [-0.15, -0.1) is 10.2 Å². The molecule has 0 spiro atoms. The van der Waals surface area contributed by atoms with Crippen LogP contribution >= 0.6 is 0 Å². The lowest BCUT2D eigenvalue weighted by atomic mass is 10.1. The lowest BCUT2D eigenvalue weighted by Gasteiger charge is -2.12. The first-order valence-electron chi connectivity index (χ1n) is 9.19. The van der Waals surface area contributed by atoms with Crippen LogP contribution in [0, 0.1) is 0 Å². The summed E-state index contributed by atoms with van der Waals surface area (Å²) >= 11 is 0. The molecule has 4 rings (SSSR count). The second-order valence-electron chi connectivity index (χ2n) is 6.48. The highest BCUT2D eigenvalue weighted by molar-refractivity contribution is 5.76. The van der Waals surface area contributed by atoms with Crippen molar-refractivity contribution in [2.75, 3.05) is 12.4 Å². The summed E-state index contributed by atoms with van der Waals surface area (Å²) in [6.45, 7) is 0. The Balaban J connectivity index is 1.76. The summed E-state index contributed by atoms with van der Waals surface area (Å²) in [5, 5.41) is 11.5. The van der Waals surface area contributed by atoms with Crippen LogP contribution in [0.5, 0.6) is 5.75 Å². The van der Waals surface area contributed by atoms with Crippen molar-refractivity contribution >= 4 is 11.5 Å². The van der Waals surface area contributed by atoms with Crippen molar-refractivity contribution in [3.05, 3.63) is 78.5 Å². The molecule has 0 aliphatic heterocycles. The molecular formula is C22H16F3N5O. The number of nitrogens with zero attached hydrogens (tertiary/aromatic N) is 4. The minimum absolute atomic E-state index is 0.285. The normalized spacial score (nSPS) is 11.2. The highest BCUT2D eigenvalue weighted by Crippen LogP contribution is 2.33. The van der Waals surface area contributed by atoms with Crippen LogP contribution in [0.1, 0.15) is 5.56 Å². The minimum Gasteiger partial charge on any atom is -0.497 e. The number of nitrogens with one attached hydrogen (secondary N) is 1. The topological polar surface area (TPSA) is 72.8 Å². The predicted octanol–water partition coefficient (Wildman–Crippen LogP) is 5.37. The van der Waals surface area contributed by atoms with Gasteiger partial charge in [0, 0.05) is 17.4 Å². The van der Waals surface area contributed by atoms with Crippen molar-refractivity contribution in [3.63, 3.8) is 0 Å². The average Bonchev–Trinajstić information content (AvgIpc) is 2.80. The van der Waals surface area contributed by atoms with Crippen LogP contribution in [0.4, 0.5) is 24.7 Å². The SMILES string of the molecule is COc1ccc(Nc2nc(-c3ccccn3)nnc2-c2ccc(C(F)(F)F)cc2)cc1. The van der Waals surface area contributed by atoms with Crippen LogP contribution in [0.15, 0.2) is 72.9 Å². The zero-order chi connectivity index (χ0) is 21.8. The number of methoxy groups -OCH3 is 1. The molecule has 156 valence electrons. The van der Waals surface area contributed by atoms with E-state index in [9.17, 15) is 13.2 Å². The number of benzene rings is 2. The molecular weight excluding hydrogens is 407 g/mol. The molecule has 0 atom stereocenters. The molecule has 0 radical (unpaired) electrons. The zero-order valence-electron chi connectivity index (χ0n) is 16.3. The van der Waals surface area contributed by atoms with E-state index in [1.165, 1.54) is 12.1 Å². The monoisotopic (exact) mass is 423 g/mol. The molecule has 0 fully saturated rings. The molecule has 0 aliphatic carbocycles. The van der Waals surface area contributed by atoms with Gasteiger partial charge in [0.05, 0.1) is 12.7 Å². The molecule has 0 aliphatic rings. The molecule has 2 heterocycles. The minimum atomic E-state index is -4.42. The molecule has 1 N–H and O–H groups in total. The number of anilines is 2. The van der Waals surface area contributed by atoms with E-state index in [1.54, 1.807) is 55.8 Å². The van der Waals surface area contributed by atoms with Crippen molar-refractivity contribution < 1.29 is 17.9 Å². The number of hydrogen-bond donors (Lipinski definition) is 1. The summed E-state index contributed by atoms with van der Waals surface area (Å²) in [6, 6.07) is 17.1. The Hall–Kier alpha value is -4.01. The second kappa shape index (κ2) is 8.39. The molecule has 31 heavy (non-hydrogen) atoms. The molecule has 6 nitrogen and oxygen atoms in total. The molecule has 0 amide bonds. The first-order chi connectivity index (χ1) is 14.9. The smallest absolute Gasteiger partial charge is 0.416 e. The Morgan fingerprint density at radius 1 is 0.871 bits per heavy atom. The van der Waals surface area contributed by atoms with E-state index in [4.69, 9.17) is 4.74 Å². The van der Waals surface area contributed by atoms with Crippen LogP contribution in [-0.2, 0) is 6.18 Å². The summed E-state index contributed by atoms with van der Waals surface area (Å²) in [5.41, 5.74) is 1.22. The maximum Gasteiger partial charge on any atom is 0.416 e. The van der Waals surface area contributed by atoms with Crippen molar-refractivity contribution in [1.82, 2.24) is 20.2 Å². The fourth-order valence-electron chi connectivity index (χ4n) is 2.84. The largest absolute Gasteiger partial charge is 0.497 e. The zero-order valence-corrected chi connectivity index (χ0v) is 16.3. The van der Waals surface area contributed by atoms with Crippen molar-refractivity contribution in [2.24, 2.45) is 0 Å². The number of halogens is 3. The van der Waals surface area contributed by atoms with Gasteiger partial charge < -0.3 is 10.1 Å². The lowest BCUT2D eigenvalue weighted by molar-refractivity contribution is -0.137. The summed E-state index contributed by atoms with van der Waals surface area (Å²) in [5.74, 6) is 1.30. The second-order valence-corrected chi connectivity index (χ2v) is 6.48. The number of rotatable bonds is 5. The molecule has 9 heteroatoms. The Morgan fingerprint density at radius 2 is 1.61 bits per heavy atom. The predicted molar refractivity (Wildman–Crippen MR) is 110 cm³/mol. The van der Waals surface area contributed by atoms with E-state index in [0.717, 1.165) is 12.1 Å². The highest BCUT2D eigenvalue weighted by Gasteiger charge is 2.30. The van der Waals surface area contributed by atoms with Gasteiger partial charge >= 0.3 is 6.18 Å². The third kappa shape index (κ3) is 4.61. The van der Waals surface area contributed by atoms with Crippen LogP contribution in [-0.4, -0.2) is 27.3 Å². The summed E-state index contributed by atoms with van der Waals surface area (Å²) in [7, 11) is 1.57. The van der Waals surface area contributed by atoms with E-state index in [-0.39, 0.29) is 5.82 Å². The number of aromatic nitrogens is 4. The van der Waals surface area contributed by atoms with Gasteiger partial charge in [-0.1, -0.05) is 18.2 Å². The number of ether oxygens (including phenoxy) is 1. The summed E-state index contributed by atoms with van der Waals surface area (Å²) in [6.07, 6.45) is -2.81. The maximum atomic E-state index is 12.9. The van der Waals surface area contributed by atoms with E-state index >= 15 is 0 Å². The van der Waals surface area contributed by atoms with Gasteiger partial charge in [-0.05, 0) is 48.5 Å². The van der Waals surface area contributed by atoms with Gasteiger partial charge in [0.15, 0.2) is 5.82 Å². The van der Waals surface area contributed by atoms with Gasteiger partial charge in [0.25, 0.3) is 0 Å².